The van der Waals surface area contributed by atoms with Crippen molar-refractivity contribution in [2.45, 2.75) is 51.3 Å². The van der Waals surface area contributed by atoms with Crippen LogP contribution in [0.15, 0.2) is 152 Å². The Bertz CT molecular complexity index is 2530. The number of ether oxygens (including phenoxy) is 1. The summed E-state index contributed by atoms with van der Waals surface area (Å²) in [7, 11) is 3.42. The molecule has 0 saturated heterocycles. The first-order valence-corrected chi connectivity index (χ1v) is 20.0. The molecule has 11 nitrogen and oxygen atoms in total. The molecule has 1 unspecified atom stereocenters. The molecule has 3 heterocycles. The molecule has 1 atom stereocenters. The van der Waals surface area contributed by atoms with Crippen LogP contribution in [-0.4, -0.2) is 59.8 Å². The molecule has 296 valence electrons. The van der Waals surface area contributed by atoms with E-state index in [2.05, 4.69) is 70.6 Å². The van der Waals surface area contributed by atoms with Crippen LogP contribution < -0.4 is 10.1 Å². The number of fused-ring (bicyclic) bond motifs is 1. The van der Waals surface area contributed by atoms with E-state index in [0.29, 0.717) is 23.8 Å². The van der Waals surface area contributed by atoms with Gasteiger partial charge in [-0.3, -0.25) is 0 Å². The number of carbonyl (C=O) groups excluding carboxylic acids is 1. The van der Waals surface area contributed by atoms with E-state index in [-0.39, 0.29) is 6.03 Å². The molecule has 59 heavy (non-hydrogen) atoms. The van der Waals surface area contributed by atoms with E-state index in [1.54, 1.807) is 14.1 Å². The zero-order valence-electron chi connectivity index (χ0n) is 33.7. The van der Waals surface area contributed by atoms with Crippen molar-refractivity contribution >= 4 is 22.9 Å². The number of nitrogens with one attached hydrogen (secondary N) is 1. The first-order valence-electron chi connectivity index (χ1n) is 20.0. The Morgan fingerprint density at radius 3 is 1.92 bits per heavy atom. The van der Waals surface area contributed by atoms with Crippen LogP contribution in [0.3, 0.4) is 0 Å². The maximum atomic E-state index is 12.5. The number of tetrazole rings is 1. The number of nitrogens with zero attached hydrogens (tertiary/aromatic N) is 8. The number of unbranched alkanes of at least 4 members (excludes halogenated alkanes) is 1. The number of hydrogen-bond donors (Lipinski definition) is 1. The molecule has 8 aromatic rings. The summed E-state index contributed by atoms with van der Waals surface area (Å²) in [5.41, 5.74) is 6.96. The number of aryl methyl sites for hydroxylation is 2. The van der Waals surface area contributed by atoms with Crippen molar-refractivity contribution in [3.05, 3.63) is 197 Å². The summed E-state index contributed by atoms with van der Waals surface area (Å²) in [6.45, 7) is 4.65. The Labute approximate surface area is 344 Å². The van der Waals surface area contributed by atoms with Gasteiger partial charge in [-0.15, -0.1) is 5.10 Å². The lowest BCUT2D eigenvalue weighted by atomic mass is 9.77. The predicted octanol–water partition coefficient (Wildman–Crippen LogP) is 9.22. The number of carbonyl (C=O) groups is 1. The average Bonchev–Trinajstić information content (AvgIpc) is 3.89. The number of amides is 2. The molecule has 0 bridgehead atoms. The topological polar surface area (TPSA) is 116 Å². The van der Waals surface area contributed by atoms with Crippen molar-refractivity contribution in [3.8, 4) is 5.75 Å². The Kier molecular flexibility index (Phi) is 11.3. The second-order valence-corrected chi connectivity index (χ2v) is 14.8. The van der Waals surface area contributed by atoms with Crippen LogP contribution in [0.2, 0.25) is 0 Å². The molecular weight excluding hydrogens is 735 g/mol. The zero-order chi connectivity index (χ0) is 40.8. The van der Waals surface area contributed by atoms with Crippen LogP contribution in [-0.2, 0) is 18.5 Å². The maximum Gasteiger partial charge on any atom is 0.321 e. The van der Waals surface area contributed by atoms with Gasteiger partial charge in [-0.2, -0.15) is 0 Å². The van der Waals surface area contributed by atoms with Gasteiger partial charge in [0, 0.05) is 26.1 Å². The molecule has 0 saturated carbocycles. The Balaban J connectivity index is 1.17. The fourth-order valence-corrected chi connectivity index (χ4v) is 7.62. The highest BCUT2D eigenvalue weighted by molar-refractivity contribution is 5.91. The van der Waals surface area contributed by atoms with E-state index >= 15 is 0 Å². The molecule has 0 fully saturated rings. The molecule has 11 heteroatoms. The Hall–Kier alpha value is -7.14. The third-order valence-electron chi connectivity index (χ3n) is 10.6. The number of anilines is 1. The van der Waals surface area contributed by atoms with Gasteiger partial charge in [0.2, 0.25) is 0 Å². The molecule has 2 amide bonds. The maximum absolute atomic E-state index is 12.5. The largest absolute Gasteiger partial charge is 0.478 e. The lowest BCUT2D eigenvalue weighted by molar-refractivity contribution is 0.222. The Morgan fingerprint density at radius 2 is 1.36 bits per heavy atom. The molecule has 1 N–H and O–H groups in total. The van der Waals surface area contributed by atoms with Crippen LogP contribution in [0.1, 0.15) is 71.0 Å². The van der Waals surface area contributed by atoms with Crippen LogP contribution >= 0.6 is 0 Å². The Morgan fingerprint density at radius 1 is 0.780 bits per heavy atom. The van der Waals surface area contributed by atoms with Gasteiger partial charge in [-0.1, -0.05) is 147 Å². The summed E-state index contributed by atoms with van der Waals surface area (Å²) in [6, 6.07) is 51.0. The highest BCUT2D eigenvalue weighted by Gasteiger charge is 2.43. The van der Waals surface area contributed by atoms with Gasteiger partial charge >= 0.3 is 6.03 Å². The highest BCUT2D eigenvalue weighted by atomic mass is 16.5. The van der Waals surface area contributed by atoms with Gasteiger partial charge in [-0.25, -0.2) is 19.4 Å². The quantitative estimate of drug-likeness (QED) is 0.109. The van der Waals surface area contributed by atoms with E-state index < -0.39 is 11.6 Å². The van der Waals surface area contributed by atoms with Crippen molar-refractivity contribution in [1.82, 2.24) is 39.6 Å². The number of urea groups is 1. The SMILES string of the molecule is CCCCc1nc2cc(NC(=O)N(C)C)c(C)nc2n1Cc1ccc(OC(c2ccccc2)c2nnnn2C(c2ccccc2)(c2ccccc2)c2ccccc2)cc1. The van der Waals surface area contributed by atoms with Crippen molar-refractivity contribution < 1.29 is 9.53 Å². The van der Waals surface area contributed by atoms with Crippen molar-refractivity contribution in [2.75, 3.05) is 19.4 Å². The van der Waals surface area contributed by atoms with Crippen LogP contribution in [0.4, 0.5) is 10.5 Å². The summed E-state index contributed by atoms with van der Waals surface area (Å²) in [5, 5.41) is 16.8. The van der Waals surface area contributed by atoms with E-state index in [0.717, 1.165) is 69.8 Å². The minimum absolute atomic E-state index is 0.212. The molecule has 8 rings (SSSR count). The first kappa shape index (κ1) is 38.7. The molecule has 0 aliphatic rings. The van der Waals surface area contributed by atoms with E-state index in [4.69, 9.17) is 25.0 Å². The molecular formula is C48H47N9O2. The third-order valence-corrected chi connectivity index (χ3v) is 10.6. The van der Waals surface area contributed by atoms with Crippen molar-refractivity contribution in [1.29, 1.82) is 0 Å². The van der Waals surface area contributed by atoms with Crippen LogP contribution in [0.5, 0.6) is 5.75 Å². The van der Waals surface area contributed by atoms with Crippen LogP contribution in [0, 0.1) is 6.92 Å². The summed E-state index contributed by atoms with van der Waals surface area (Å²) >= 11 is 0. The smallest absolute Gasteiger partial charge is 0.321 e. The zero-order valence-corrected chi connectivity index (χ0v) is 33.7. The van der Waals surface area contributed by atoms with Crippen molar-refractivity contribution in [3.63, 3.8) is 0 Å². The van der Waals surface area contributed by atoms with E-state index in [1.165, 1.54) is 4.90 Å². The summed E-state index contributed by atoms with van der Waals surface area (Å²) in [5.74, 6) is 2.17. The number of pyridine rings is 1. The van der Waals surface area contributed by atoms with E-state index in [9.17, 15) is 4.79 Å². The van der Waals surface area contributed by atoms with Gasteiger partial charge < -0.3 is 19.5 Å². The molecule has 0 radical (unpaired) electrons. The van der Waals surface area contributed by atoms with E-state index in [1.807, 2.05) is 115 Å². The third kappa shape index (κ3) is 7.79. The fraction of sp³-hybridized carbons (Fsp3) is 0.208. The molecule has 3 aromatic heterocycles. The number of imidazole rings is 1. The summed E-state index contributed by atoms with van der Waals surface area (Å²) in [6.07, 6.45) is 2.19. The fourth-order valence-electron chi connectivity index (χ4n) is 7.62. The number of rotatable bonds is 14. The summed E-state index contributed by atoms with van der Waals surface area (Å²) in [4.78, 5) is 23.9. The first-order chi connectivity index (χ1) is 28.9. The van der Waals surface area contributed by atoms with Gasteiger partial charge in [0.25, 0.3) is 0 Å². The van der Waals surface area contributed by atoms with Gasteiger partial charge in [0.05, 0.1) is 17.9 Å². The van der Waals surface area contributed by atoms with Gasteiger partial charge in [0.15, 0.2) is 17.6 Å². The lowest BCUT2D eigenvalue weighted by Gasteiger charge is -2.37. The van der Waals surface area contributed by atoms with Crippen LogP contribution in [0.25, 0.3) is 11.2 Å². The average molecular weight is 782 g/mol. The molecule has 0 aliphatic carbocycles. The normalized spacial score (nSPS) is 12.0. The van der Waals surface area contributed by atoms with Gasteiger partial charge in [-0.05, 0) is 64.2 Å². The molecule has 5 aromatic carbocycles. The number of benzene rings is 5. The number of aromatic nitrogens is 7. The standard InChI is InChI=1S/C48H47N9O2/c1-5-6-27-43-50-42-32-41(51-47(58)55(3)4)34(2)49-45(42)56(43)33-35-28-30-40(31-29-35)59-44(36-19-11-7-12-20-36)46-52-53-54-57(46)48(37-21-13-8-14-22-37,38-23-15-9-16-24-38)39-25-17-10-18-26-39/h7-26,28-32,44H,5-6,27,33H2,1-4H3,(H,51,58). The van der Waals surface area contributed by atoms with Gasteiger partial charge in [0.1, 0.15) is 22.6 Å². The summed E-state index contributed by atoms with van der Waals surface area (Å²) < 4.78 is 11.1. The minimum Gasteiger partial charge on any atom is -0.478 e. The molecule has 0 spiro atoms. The minimum atomic E-state index is -0.934. The predicted molar refractivity (Wildman–Crippen MR) is 230 cm³/mol. The number of hydrogen-bond acceptors (Lipinski definition) is 7. The lowest BCUT2D eigenvalue weighted by Crippen LogP contribution is -2.40. The second kappa shape index (κ2) is 17.2. The highest BCUT2D eigenvalue weighted by Crippen LogP contribution is 2.42. The molecule has 0 aliphatic heterocycles. The second-order valence-electron chi connectivity index (χ2n) is 14.8. The van der Waals surface area contributed by atoms with Crippen molar-refractivity contribution in [2.24, 2.45) is 0 Å². The monoisotopic (exact) mass is 781 g/mol.